The molecule has 0 aliphatic rings. The first-order valence-corrected chi connectivity index (χ1v) is 7.86. The second-order valence-electron chi connectivity index (χ2n) is 3.90. The van der Waals surface area contributed by atoms with E-state index in [9.17, 15) is 13.2 Å². The lowest BCUT2D eigenvalue weighted by Gasteiger charge is -2.07. The second kappa shape index (κ2) is 6.34. The molecule has 0 heterocycles. The minimum atomic E-state index is -4.01. The number of sulfonamides is 1. The molecule has 2 rings (SSSR count). The summed E-state index contributed by atoms with van der Waals surface area (Å²) in [6.45, 7) is 0. The highest BCUT2D eigenvalue weighted by molar-refractivity contribution is 7.90. The highest BCUT2D eigenvalue weighted by atomic mass is 35.5. The average Bonchev–Trinajstić information content (AvgIpc) is 2.41. The second-order valence-corrected chi connectivity index (χ2v) is 6.46. The summed E-state index contributed by atoms with van der Waals surface area (Å²) in [5, 5.41) is 0.856. The summed E-state index contributed by atoms with van der Waals surface area (Å²) in [5.41, 5.74) is 0. The third kappa shape index (κ3) is 4.35. The van der Waals surface area contributed by atoms with E-state index < -0.39 is 16.1 Å². The zero-order valence-electron chi connectivity index (χ0n) is 10.4. The number of carbonyl (C=O) groups excluding carboxylic acids is 1. The quantitative estimate of drug-likeness (QED) is 0.924. The van der Waals surface area contributed by atoms with Gasteiger partial charge in [-0.05, 0) is 48.5 Å². The van der Waals surface area contributed by atoms with Crippen molar-refractivity contribution < 1.29 is 17.9 Å². The summed E-state index contributed by atoms with van der Waals surface area (Å²) in [4.78, 5) is 11.5. The fourth-order valence-electron chi connectivity index (χ4n) is 1.41. The highest BCUT2D eigenvalue weighted by Crippen LogP contribution is 2.17. The van der Waals surface area contributed by atoms with Crippen LogP contribution in [0.1, 0.15) is 0 Å². The van der Waals surface area contributed by atoms with Crippen molar-refractivity contribution in [3.8, 4) is 5.75 Å². The van der Waals surface area contributed by atoms with Gasteiger partial charge in [-0.25, -0.2) is 17.9 Å². The molecular weight excluding hydrogens is 337 g/mol. The van der Waals surface area contributed by atoms with Crippen LogP contribution in [0.5, 0.6) is 5.75 Å². The van der Waals surface area contributed by atoms with E-state index in [-0.39, 0.29) is 10.6 Å². The predicted molar refractivity (Wildman–Crippen MR) is 79.2 cm³/mol. The SMILES string of the molecule is O=C(NS(=O)(=O)c1ccc(Cl)cc1)Oc1ccc(Cl)cc1. The maximum Gasteiger partial charge on any atom is 0.426 e. The first-order chi connectivity index (χ1) is 9.87. The number of carbonyl (C=O) groups is 1. The Morgan fingerprint density at radius 2 is 1.38 bits per heavy atom. The lowest BCUT2D eigenvalue weighted by atomic mass is 10.3. The van der Waals surface area contributed by atoms with Gasteiger partial charge in [0.2, 0.25) is 0 Å². The minimum absolute atomic E-state index is 0.0973. The molecule has 1 amide bonds. The van der Waals surface area contributed by atoms with E-state index in [0.29, 0.717) is 10.0 Å². The van der Waals surface area contributed by atoms with Gasteiger partial charge < -0.3 is 4.74 Å². The van der Waals surface area contributed by atoms with Gasteiger partial charge in [0.25, 0.3) is 10.0 Å². The summed E-state index contributed by atoms with van der Waals surface area (Å²) in [6.07, 6.45) is -1.12. The molecule has 0 fully saturated rings. The molecule has 8 heteroatoms. The van der Waals surface area contributed by atoms with Crippen LogP contribution in [0.3, 0.4) is 0 Å². The zero-order chi connectivity index (χ0) is 15.5. The Morgan fingerprint density at radius 3 is 1.90 bits per heavy atom. The third-order valence-corrected chi connectivity index (χ3v) is 4.20. The molecule has 0 unspecified atom stereocenters. The summed E-state index contributed by atoms with van der Waals surface area (Å²) >= 11 is 11.4. The molecule has 5 nitrogen and oxygen atoms in total. The Balaban J connectivity index is 2.07. The molecule has 110 valence electrons. The fourth-order valence-corrected chi connectivity index (χ4v) is 2.54. The molecule has 21 heavy (non-hydrogen) atoms. The van der Waals surface area contributed by atoms with Gasteiger partial charge >= 0.3 is 6.09 Å². The van der Waals surface area contributed by atoms with Crippen molar-refractivity contribution in [2.45, 2.75) is 4.90 Å². The lowest BCUT2D eigenvalue weighted by molar-refractivity contribution is 0.207. The van der Waals surface area contributed by atoms with Gasteiger partial charge in [0.05, 0.1) is 4.90 Å². The summed E-state index contributed by atoms with van der Waals surface area (Å²) < 4.78 is 30.5. The van der Waals surface area contributed by atoms with Gasteiger partial charge in [0, 0.05) is 10.0 Å². The normalized spacial score (nSPS) is 11.0. The molecule has 2 aromatic rings. The summed E-state index contributed by atoms with van der Waals surface area (Å²) in [6, 6.07) is 11.3. The van der Waals surface area contributed by atoms with Crippen LogP contribution >= 0.6 is 23.2 Å². The van der Waals surface area contributed by atoms with Crippen LogP contribution < -0.4 is 9.46 Å². The molecule has 0 spiro atoms. The van der Waals surface area contributed by atoms with E-state index >= 15 is 0 Å². The molecule has 0 aromatic heterocycles. The first kappa shape index (κ1) is 15.6. The Hall–Kier alpha value is -1.76. The van der Waals surface area contributed by atoms with E-state index in [4.69, 9.17) is 27.9 Å². The summed E-state index contributed by atoms with van der Waals surface area (Å²) in [7, 11) is -4.01. The first-order valence-electron chi connectivity index (χ1n) is 5.62. The van der Waals surface area contributed by atoms with Gasteiger partial charge in [-0.15, -0.1) is 0 Å². The smallest absolute Gasteiger partial charge is 0.410 e. The van der Waals surface area contributed by atoms with Crippen LogP contribution in [0, 0.1) is 0 Å². The Bertz CT molecular complexity index is 743. The molecule has 0 radical (unpaired) electrons. The van der Waals surface area contributed by atoms with Gasteiger partial charge in [0.1, 0.15) is 5.75 Å². The van der Waals surface area contributed by atoms with Gasteiger partial charge in [-0.1, -0.05) is 23.2 Å². The van der Waals surface area contributed by atoms with Crippen molar-refractivity contribution in [2.75, 3.05) is 0 Å². The van der Waals surface area contributed by atoms with Crippen LogP contribution in [0.25, 0.3) is 0 Å². The number of hydrogen-bond acceptors (Lipinski definition) is 4. The zero-order valence-corrected chi connectivity index (χ0v) is 12.7. The monoisotopic (exact) mass is 345 g/mol. The molecule has 0 aliphatic heterocycles. The number of rotatable bonds is 3. The van der Waals surface area contributed by atoms with Crippen LogP contribution in [-0.2, 0) is 10.0 Å². The van der Waals surface area contributed by atoms with Crippen molar-refractivity contribution in [3.05, 3.63) is 58.6 Å². The Kier molecular flexibility index (Phi) is 4.72. The highest BCUT2D eigenvalue weighted by Gasteiger charge is 2.18. The average molecular weight is 346 g/mol. The van der Waals surface area contributed by atoms with Crippen LogP contribution in [0.15, 0.2) is 53.4 Å². The number of ether oxygens (including phenoxy) is 1. The number of halogens is 2. The van der Waals surface area contributed by atoms with Gasteiger partial charge in [0.15, 0.2) is 0 Å². The van der Waals surface area contributed by atoms with E-state index in [0.717, 1.165) is 0 Å². The molecule has 0 bridgehead atoms. The Morgan fingerprint density at radius 1 is 0.905 bits per heavy atom. The summed E-state index contributed by atoms with van der Waals surface area (Å²) in [5.74, 6) is 0.170. The molecule has 2 aromatic carbocycles. The predicted octanol–water partition coefficient (Wildman–Crippen LogP) is 3.47. The van der Waals surface area contributed by atoms with E-state index in [2.05, 4.69) is 0 Å². The number of nitrogens with one attached hydrogen (secondary N) is 1. The van der Waals surface area contributed by atoms with Crippen molar-refractivity contribution >= 4 is 39.3 Å². The van der Waals surface area contributed by atoms with Crippen molar-refractivity contribution in [2.24, 2.45) is 0 Å². The number of benzene rings is 2. The van der Waals surface area contributed by atoms with Crippen molar-refractivity contribution in [1.29, 1.82) is 0 Å². The molecule has 1 N–H and O–H groups in total. The lowest BCUT2D eigenvalue weighted by Crippen LogP contribution is -2.32. The standard InChI is InChI=1S/C13H9Cl2NO4S/c14-9-1-5-11(6-2-9)20-13(17)16-21(18,19)12-7-3-10(15)4-8-12/h1-8H,(H,16,17). The topological polar surface area (TPSA) is 72.5 Å². The minimum Gasteiger partial charge on any atom is -0.410 e. The van der Waals surface area contributed by atoms with E-state index in [1.165, 1.54) is 48.5 Å². The van der Waals surface area contributed by atoms with Gasteiger partial charge in [-0.3, -0.25) is 0 Å². The fraction of sp³-hybridized carbons (Fsp3) is 0. The van der Waals surface area contributed by atoms with E-state index in [1.807, 2.05) is 0 Å². The molecule has 0 saturated heterocycles. The van der Waals surface area contributed by atoms with Crippen molar-refractivity contribution in [3.63, 3.8) is 0 Å². The van der Waals surface area contributed by atoms with Crippen LogP contribution in [0.2, 0.25) is 10.0 Å². The van der Waals surface area contributed by atoms with Crippen LogP contribution in [-0.4, -0.2) is 14.5 Å². The molecular formula is C13H9Cl2NO4S. The molecule has 0 aliphatic carbocycles. The molecule has 0 atom stereocenters. The Labute approximate surface area is 131 Å². The maximum atomic E-state index is 11.9. The van der Waals surface area contributed by atoms with Crippen LogP contribution in [0.4, 0.5) is 4.79 Å². The largest absolute Gasteiger partial charge is 0.426 e. The molecule has 0 saturated carbocycles. The van der Waals surface area contributed by atoms with Gasteiger partial charge in [-0.2, -0.15) is 0 Å². The maximum absolute atomic E-state index is 11.9. The van der Waals surface area contributed by atoms with E-state index in [1.54, 1.807) is 4.72 Å². The van der Waals surface area contributed by atoms with Crippen molar-refractivity contribution in [1.82, 2.24) is 4.72 Å². The third-order valence-electron chi connectivity index (χ3n) is 2.37. The number of hydrogen-bond donors (Lipinski definition) is 1. The number of amides is 1.